The summed E-state index contributed by atoms with van der Waals surface area (Å²) in [7, 11) is 1.73. The molecule has 2 unspecified atom stereocenters. The van der Waals surface area contributed by atoms with E-state index in [9.17, 15) is 0 Å². The lowest BCUT2D eigenvalue weighted by molar-refractivity contribution is 0.0349. The van der Waals surface area contributed by atoms with Crippen LogP contribution in [0.3, 0.4) is 0 Å². The van der Waals surface area contributed by atoms with Gasteiger partial charge in [0.05, 0.1) is 19.3 Å². The van der Waals surface area contributed by atoms with Gasteiger partial charge in [-0.15, -0.1) is 0 Å². The molecule has 1 fully saturated rings. The van der Waals surface area contributed by atoms with E-state index in [1.807, 2.05) is 0 Å². The van der Waals surface area contributed by atoms with Crippen LogP contribution in [-0.2, 0) is 9.47 Å². The molecule has 0 bridgehead atoms. The highest BCUT2D eigenvalue weighted by Gasteiger charge is 2.33. The second-order valence-corrected chi connectivity index (χ2v) is 4.71. The van der Waals surface area contributed by atoms with Gasteiger partial charge in [0.15, 0.2) is 0 Å². The molecule has 1 rings (SSSR count). The first-order valence-electron chi connectivity index (χ1n) is 4.64. The van der Waals surface area contributed by atoms with E-state index in [1.165, 1.54) is 0 Å². The molecular formula is C10H20O2. The number of hydrogen-bond donors (Lipinski definition) is 0. The first-order chi connectivity index (χ1) is 5.54. The van der Waals surface area contributed by atoms with Gasteiger partial charge in [0.25, 0.3) is 0 Å². The topological polar surface area (TPSA) is 18.5 Å². The van der Waals surface area contributed by atoms with Gasteiger partial charge in [-0.25, -0.2) is 0 Å². The average Bonchev–Trinajstić information content (AvgIpc) is 2.35. The molecule has 0 aromatic heterocycles. The third-order valence-corrected chi connectivity index (χ3v) is 2.66. The van der Waals surface area contributed by atoms with Gasteiger partial charge in [-0.1, -0.05) is 20.8 Å². The molecule has 1 aliphatic rings. The lowest BCUT2D eigenvalue weighted by Crippen LogP contribution is -2.21. The molecule has 0 spiro atoms. The van der Waals surface area contributed by atoms with Crippen LogP contribution in [0.15, 0.2) is 0 Å². The van der Waals surface area contributed by atoms with Crippen molar-refractivity contribution in [3.63, 3.8) is 0 Å². The van der Waals surface area contributed by atoms with Crippen LogP contribution >= 0.6 is 0 Å². The van der Waals surface area contributed by atoms with Crippen molar-refractivity contribution in [1.82, 2.24) is 0 Å². The van der Waals surface area contributed by atoms with Gasteiger partial charge in [0.2, 0.25) is 0 Å². The molecule has 0 aromatic rings. The summed E-state index contributed by atoms with van der Waals surface area (Å²) in [6, 6.07) is 0. The van der Waals surface area contributed by atoms with E-state index in [-0.39, 0.29) is 0 Å². The summed E-state index contributed by atoms with van der Waals surface area (Å²) in [4.78, 5) is 0. The highest BCUT2D eigenvalue weighted by Crippen LogP contribution is 2.34. The predicted molar refractivity (Wildman–Crippen MR) is 49.2 cm³/mol. The lowest BCUT2D eigenvalue weighted by atomic mass is 9.79. The summed E-state index contributed by atoms with van der Waals surface area (Å²) in [6.07, 6.45) is 1.48. The molecule has 2 atom stereocenters. The van der Waals surface area contributed by atoms with Crippen LogP contribution in [0.4, 0.5) is 0 Å². The molecule has 1 heterocycles. The van der Waals surface area contributed by atoms with Gasteiger partial charge in [0, 0.05) is 7.11 Å². The molecular weight excluding hydrogens is 152 g/mol. The zero-order valence-electron chi connectivity index (χ0n) is 8.59. The molecule has 1 saturated heterocycles. The first kappa shape index (κ1) is 10.0. The van der Waals surface area contributed by atoms with E-state index in [1.54, 1.807) is 7.11 Å². The molecule has 2 nitrogen and oxygen atoms in total. The molecule has 12 heavy (non-hydrogen) atoms. The second-order valence-electron chi connectivity index (χ2n) is 4.71. The molecule has 0 radical (unpaired) electrons. The minimum atomic E-state index is 0.333. The molecule has 0 aliphatic carbocycles. The van der Waals surface area contributed by atoms with Gasteiger partial charge in [0.1, 0.15) is 0 Å². The molecule has 0 amide bonds. The Morgan fingerprint density at radius 3 is 2.50 bits per heavy atom. The van der Waals surface area contributed by atoms with Crippen molar-refractivity contribution in [3.05, 3.63) is 0 Å². The normalized spacial score (nSPS) is 31.0. The first-order valence-corrected chi connectivity index (χ1v) is 4.64. The van der Waals surface area contributed by atoms with E-state index in [4.69, 9.17) is 9.47 Å². The fraction of sp³-hybridized carbons (Fsp3) is 1.00. The minimum absolute atomic E-state index is 0.333. The Morgan fingerprint density at radius 2 is 2.08 bits per heavy atom. The van der Waals surface area contributed by atoms with Crippen LogP contribution in [0, 0.1) is 11.3 Å². The SMILES string of the molecule is COCC1CC(C(C)(C)C)CO1. The summed E-state index contributed by atoms with van der Waals surface area (Å²) in [5.74, 6) is 0.692. The maximum Gasteiger partial charge on any atom is 0.0812 e. The molecule has 72 valence electrons. The molecule has 0 N–H and O–H groups in total. The number of hydrogen-bond acceptors (Lipinski definition) is 2. The second kappa shape index (κ2) is 3.75. The standard InChI is InChI=1S/C10H20O2/c1-10(2,3)8-5-9(7-11-4)12-6-8/h8-9H,5-7H2,1-4H3. The molecule has 1 aliphatic heterocycles. The van der Waals surface area contributed by atoms with Crippen molar-refractivity contribution in [2.24, 2.45) is 11.3 Å². The molecule has 2 heteroatoms. The predicted octanol–water partition coefficient (Wildman–Crippen LogP) is 2.08. The summed E-state index contributed by atoms with van der Waals surface area (Å²) < 4.78 is 10.7. The van der Waals surface area contributed by atoms with E-state index in [2.05, 4.69) is 20.8 Å². The smallest absolute Gasteiger partial charge is 0.0812 e. The minimum Gasteiger partial charge on any atom is -0.382 e. The van der Waals surface area contributed by atoms with Crippen molar-refractivity contribution in [3.8, 4) is 0 Å². The van der Waals surface area contributed by atoms with Gasteiger partial charge < -0.3 is 9.47 Å². The van der Waals surface area contributed by atoms with Crippen LogP contribution in [0.2, 0.25) is 0 Å². The van der Waals surface area contributed by atoms with Crippen LogP contribution in [0.1, 0.15) is 27.2 Å². The van der Waals surface area contributed by atoms with Crippen molar-refractivity contribution >= 4 is 0 Å². The number of methoxy groups -OCH3 is 1. The Balaban J connectivity index is 2.35. The maximum absolute atomic E-state index is 5.61. The van der Waals surface area contributed by atoms with Crippen LogP contribution in [0.5, 0.6) is 0 Å². The van der Waals surface area contributed by atoms with Crippen molar-refractivity contribution < 1.29 is 9.47 Å². The summed E-state index contributed by atoms with van der Waals surface area (Å²) in [5, 5.41) is 0. The van der Waals surface area contributed by atoms with Gasteiger partial charge in [-0.3, -0.25) is 0 Å². The highest BCUT2D eigenvalue weighted by atomic mass is 16.5. The fourth-order valence-electron chi connectivity index (χ4n) is 1.61. The average molecular weight is 172 g/mol. The Morgan fingerprint density at radius 1 is 1.42 bits per heavy atom. The Kier molecular flexibility index (Phi) is 3.13. The summed E-state index contributed by atoms with van der Waals surface area (Å²) in [6.45, 7) is 8.47. The fourth-order valence-corrected chi connectivity index (χ4v) is 1.61. The van der Waals surface area contributed by atoms with Gasteiger partial charge >= 0.3 is 0 Å². The van der Waals surface area contributed by atoms with Crippen molar-refractivity contribution in [2.75, 3.05) is 20.3 Å². The third kappa shape index (κ3) is 2.46. The Bertz CT molecular complexity index is 137. The zero-order valence-corrected chi connectivity index (χ0v) is 8.59. The van der Waals surface area contributed by atoms with E-state index in [0.29, 0.717) is 17.4 Å². The van der Waals surface area contributed by atoms with Crippen molar-refractivity contribution in [1.29, 1.82) is 0 Å². The van der Waals surface area contributed by atoms with Crippen molar-refractivity contribution in [2.45, 2.75) is 33.3 Å². The monoisotopic (exact) mass is 172 g/mol. The summed E-state index contributed by atoms with van der Waals surface area (Å²) >= 11 is 0. The van der Waals surface area contributed by atoms with Crippen LogP contribution in [-0.4, -0.2) is 26.4 Å². The Labute approximate surface area is 75.2 Å². The van der Waals surface area contributed by atoms with E-state index in [0.717, 1.165) is 19.6 Å². The largest absolute Gasteiger partial charge is 0.382 e. The molecule has 0 aromatic carbocycles. The maximum atomic E-state index is 5.61. The van der Waals surface area contributed by atoms with E-state index < -0.39 is 0 Å². The number of ether oxygens (including phenoxy) is 2. The van der Waals surface area contributed by atoms with Gasteiger partial charge in [-0.05, 0) is 17.8 Å². The third-order valence-electron chi connectivity index (χ3n) is 2.66. The highest BCUT2D eigenvalue weighted by molar-refractivity contribution is 4.81. The quantitative estimate of drug-likeness (QED) is 0.635. The van der Waals surface area contributed by atoms with Gasteiger partial charge in [-0.2, -0.15) is 0 Å². The molecule has 0 saturated carbocycles. The number of rotatable bonds is 2. The van der Waals surface area contributed by atoms with E-state index >= 15 is 0 Å². The van der Waals surface area contributed by atoms with Crippen LogP contribution < -0.4 is 0 Å². The zero-order chi connectivity index (χ0) is 9.19. The van der Waals surface area contributed by atoms with Crippen LogP contribution in [0.25, 0.3) is 0 Å². The Hall–Kier alpha value is -0.0800. The summed E-state index contributed by atoms with van der Waals surface area (Å²) in [5.41, 5.74) is 0.377. The lowest BCUT2D eigenvalue weighted by Gasteiger charge is -2.25.